The van der Waals surface area contributed by atoms with Gasteiger partial charge in [0.1, 0.15) is 0 Å². The van der Waals surface area contributed by atoms with E-state index in [-0.39, 0.29) is 11.3 Å². The van der Waals surface area contributed by atoms with E-state index in [1.54, 1.807) is 10.5 Å². The first-order valence-electron chi connectivity index (χ1n) is 8.51. The highest BCUT2D eigenvalue weighted by Crippen LogP contribution is 2.39. The largest absolute Gasteiger partial charge is 0.342 e. The minimum absolute atomic E-state index is 0.0840. The third-order valence-electron chi connectivity index (χ3n) is 5.21. The monoisotopic (exact) mass is 351 g/mol. The number of hydrogen-bond acceptors (Lipinski definition) is 4. The molecule has 1 amide bonds. The molecule has 1 spiro atoms. The van der Waals surface area contributed by atoms with E-state index in [9.17, 15) is 13.2 Å². The van der Waals surface area contributed by atoms with Crippen molar-refractivity contribution in [1.82, 2.24) is 14.2 Å². The first-order valence-corrected chi connectivity index (χ1v) is 10.4. The van der Waals surface area contributed by atoms with Gasteiger partial charge in [-0.25, -0.2) is 12.7 Å². The van der Waals surface area contributed by atoms with Crippen LogP contribution in [0.25, 0.3) is 0 Å². The van der Waals surface area contributed by atoms with Crippen LogP contribution in [0.15, 0.2) is 24.4 Å². The van der Waals surface area contributed by atoms with Gasteiger partial charge >= 0.3 is 0 Å². The lowest BCUT2D eigenvalue weighted by Gasteiger charge is -2.47. The Morgan fingerprint density at radius 3 is 2.79 bits per heavy atom. The summed E-state index contributed by atoms with van der Waals surface area (Å²) in [6.07, 6.45) is 6.94. The topological polar surface area (TPSA) is 70.6 Å². The zero-order chi connectivity index (χ0) is 17.2. The Labute approximate surface area is 143 Å². The second kappa shape index (κ2) is 6.80. The van der Waals surface area contributed by atoms with Crippen LogP contribution in [0, 0.1) is 5.41 Å². The van der Waals surface area contributed by atoms with Crippen LogP contribution in [-0.2, 0) is 21.2 Å². The van der Waals surface area contributed by atoms with Gasteiger partial charge in [0.05, 0.1) is 6.26 Å². The molecule has 0 unspecified atom stereocenters. The molecule has 2 saturated heterocycles. The van der Waals surface area contributed by atoms with Crippen LogP contribution in [-0.4, -0.2) is 60.9 Å². The highest BCUT2D eigenvalue weighted by Gasteiger charge is 2.43. The molecule has 1 aromatic heterocycles. The van der Waals surface area contributed by atoms with Gasteiger partial charge in [-0.1, -0.05) is 6.07 Å². The van der Waals surface area contributed by atoms with Gasteiger partial charge in [-0.3, -0.25) is 9.78 Å². The van der Waals surface area contributed by atoms with Crippen LogP contribution in [0.1, 0.15) is 31.4 Å². The molecule has 0 bridgehead atoms. The summed E-state index contributed by atoms with van der Waals surface area (Å²) in [6, 6.07) is 5.80. The quantitative estimate of drug-likeness (QED) is 0.819. The number of carbonyl (C=O) groups excluding carboxylic acids is 1. The SMILES string of the molecule is CS(=O)(=O)N1CCC[C@]2(CCC(=O)N(CCc3ccccn3)C2)C1. The van der Waals surface area contributed by atoms with Gasteiger partial charge in [-0.15, -0.1) is 0 Å². The lowest BCUT2D eigenvalue weighted by atomic mass is 9.74. The fourth-order valence-corrected chi connectivity index (χ4v) is 4.85. The van der Waals surface area contributed by atoms with E-state index in [0.717, 1.165) is 31.4 Å². The third kappa shape index (κ3) is 3.95. The van der Waals surface area contributed by atoms with Crippen molar-refractivity contribution in [3.63, 3.8) is 0 Å². The smallest absolute Gasteiger partial charge is 0.222 e. The number of piperidine rings is 2. The number of aromatic nitrogens is 1. The van der Waals surface area contributed by atoms with Gasteiger partial charge in [0, 0.05) is 56.3 Å². The Morgan fingerprint density at radius 2 is 2.08 bits per heavy atom. The van der Waals surface area contributed by atoms with E-state index in [1.165, 1.54) is 6.26 Å². The predicted octanol–water partition coefficient (Wildman–Crippen LogP) is 1.29. The van der Waals surface area contributed by atoms with E-state index in [2.05, 4.69) is 4.98 Å². The van der Waals surface area contributed by atoms with Gasteiger partial charge in [0.2, 0.25) is 15.9 Å². The van der Waals surface area contributed by atoms with E-state index in [1.807, 2.05) is 23.1 Å². The molecule has 0 N–H and O–H groups in total. The van der Waals surface area contributed by atoms with Gasteiger partial charge < -0.3 is 4.90 Å². The molecule has 0 aromatic carbocycles. The molecule has 0 radical (unpaired) electrons. The summed E-state index contributed by atoms with van der Waals surface area (Å²) in [5.74, 6) is 0.174. The molecule has 2 aliphatic heterocycles. The number of carbonyl (C=O) groups is 1. The Kier molecular flexibility index (Phi) is 4.92. The molecular weight excluding hydrogens is 326 g/mol. The number of pyridine rings is 1. The standard InChI is InChI=1S/C17H25N3O3S/c1-24(22,23)20-11-4-8-17(14-20)9-6-16(21)19(13-17)12-7-15-5-2-3-10-18-15/h2-3,5,10H,4,6-9,11-14H2,1H3/t17-/m1/s1. The van der Waals surface area contributed by atoms with Crippen LogP contribution >= 0.6 is 0 Å². The average molecular weight is 351 g/mol. The lowest BCUT2D eigenvalue weighted by molar-refractivity contribution is -0.138. The summed E-state index contributed by atoms with van der Waals surface area (Å²) < 4.78 is 25.4. The summed E-state index contributed by atoms with van der Waals surface area (Å²) in [4.78, 5) is 18.5. The van der Waals surface area contributed by atoms with Crippen LogP contribution in [0.5, 0.6) is 0 Å². The molecule has 2 fully saturated rings. The number of amides is 1. The van der Waals surface area contributed by atoms with Crippen molar-refractivity contribution in [3.05, 3.63) is 30.1 Å². The molecule has 6 nitrogen and oxygen atoms in total. The van der Waals surface area contributed by atoms with E-state index in [0.29, 0.717) is 32.6 Å². The molecule has 0 aliphatic carbocycles. The number of rotatable bonds is 4. The van der Waals surface area contributed by atoms with Gasteiger partial charge in [0.15, 0.2) is 0 Å². The number of hydrogen-bond donors (Lipinski definition) is 0. The summed E-state index contributed by atoms with van der Waals surface area (Å²) in [6.45, 7) is 2.45. The molecule has 7 heteroatoms. The maximum absolute atomic E-state index is 12.3. The van der Waals surface area contributed by atoms with Crippen LogP contribution in [0.4, 0.5) is 0 Å². The van der Waals surface area contributed by atoms with Crippen LogP contribution in [0.2, 0.25) is 0 Å². The summed E-state index contributed by atoms with van der Waals surface area (Å²) >= 11 is 0. The van der Waals surface area contributed by atoms with Gasteiger partial charge in [-0.2, -0.15) is 0 Å². The molecule has 132 valence electrons. The van der Waals surface area contributed by atoms with Crippen molar-refractivity contribution in [2.75, 3.05) is 32.4 Å². The van der Waals surface area contributed by atoms with E-state index < -0.39 is 10.0 Å². The number of nitrogens with zero attached hydrogens (tertiary/aromatic N) is 3. The third-order valence-corrected chi connectivity index (χ3v) is 6.46. The average Bonchev–Trinajstić information content (AvgIpc) is 2.56. The molecule has 0 saturated carbocycles. The Morgan fingerprint density at radius 1 is 1.25 bits per heavy atom. The Balaban J connectivity index is 1.67. The maximum Gasteiger partial charge on any atom is 0.222 e. The summed E-state index contributed by atoms with van der Waals surface area (Å²) in [5, 5.41) is 0. The van der Waals surface area contributed by atoms with Crippen molar-refractivity contribution in [2.24, 2.45) is 5.41 Å². The van der Waals surface area contributed by atoms with Crippen molar-refractivity contribution in [3.8, 4) is 0 Å². The van der Waals surface area contributed by atoms with Crippen molar-refractivity contribution < 1.29 is 13.2 Å². The van der Waals surface area contributed by atoms with Gasteiger partial charge in [0.25, 0.3) is 0 Å². The highest BCUT2D eigenvalue weighted by molar-refractivity contribution is 7.88. The van der Waals surface area contributed by atoms with Crippen molar-refractivity contribution >= 4 is 15.9 Å². The number of likely N-dealkylation sites (tertiary alicyclic amines) is 1. The van der Waals surface area contributed by atoms with Crippen LogP contribution in [0.3, 0.4) is 0 Å². The zero-order valence-corrected chi connectivity index (χ0v) is 15.0. The summed E-state index contributed by atoms with van der Waals surface area (Å²) in [5.41, 5.74) is 0.894. The minimum atomic E-state index is -3.17. The molecule has 1 atom stereocenters. The lowest BCUT2D eigenvalue weighted by Crippen LogP contribution is -2.55. The second-order valence-corrected chi connectivity index (χ2v) is 9.07. The Bertz CT molecular complexity index is 692. The van der Waals surface area contributed by atoms with Crippen molar-refractivity contribution in [2.45, 2.75) is 32.1 Å². The fourth-order valence-electron chi connectivity index (χ4n) is 3.88. The molecular formula is C17H25N3O3S. The zero-order valence-electron chi connectivity index (χ0n) is 14.1. The van der Waals surface area contributed by atoms with Crippen LogP contribution < -0.4 is 0 Å². The van der Waals surface area contributed by atoms with E-state index in [4.69, 9.17) is 0 Å². The van der Waals surface area contributed by atoms with Gasteiger partial charge in [-0.05, 0) is 31.4 Å². The Hall–Kier alpha value is -1.47. The molecule has 2 aliphatic rings. The second-order valence-electron chi connectivity index (χ2n) is 7.09. The molecule has 24 heavy (non-hydrogen) atoms. The normalized spacial score (nSPS) is 26.0. The van der Waals surface area contributed by atoms with E-state index >= 15 is 0 Å². The number of sulfonamides is 1. The molecule has 3 heterocycles. The maximum atomic E-state index is 12.3. The highest BCUT2D eigenvalue weighted by atomic mass is 32.2. The molecule has 3 rings (SSSR count). The fraction of sp³-hybridized carbons (Fsp3) is 0.647. The van der Waals surface area contributed by atoms with Crippen molar-refractivity contribution in [1.29, 1.82) is 0 Å². The first-order chi connectivity index (χ1) is 11.4. The summed E-state index contributed by atoms with van der Waals surface area (Å²) in [7, 11) is -3.17. The predicted molar refractivity (Wildman–Crippen MR) is 91.8 cm³/mol. The molecule has 1 aromatic rings. The first kappa shape index (κ1) is 17.4. The minimum Gasteiger partial charge on any atom is -0.342 e.